The molecule has 3 amide bonds. The Balaban J connectivity index is 1.48. The second kappa shape index (κ2) is 8.73. The van der Waals surface area contributed by atoms with Crippen LogP contribution >= 0.6 is 11.6 Å². The third kappa shape index (κ3) is 5.10. The fraction of sp³-hybridized carbons (Fsp3) is 0.316. The first-order chi connectivity index (χ1) is 13.0. The zero-order chi connectivity index (χ0) is 19.2. The van der Waals surface area contributed by atoms with E-state index >= 15 is 0 Å². The number of hydrogen-bond acceptors (Lipinski definition) is 4. The lowest BCUT2D eigenvalue weighted by molar-refractivity contribution is -0.117. The summed E-state index contributed by atoms with van der Waals surface area (Å²) >= 11 is 6.05. The van der Waals surface area contributed by atoms with Crippen LogP contribution in [0.25, 0.3) is 0 Å². The molecular formula is C19H22ClN5O2. The molecule has 1 saturated heterocycles. The van der Waals surface area contributed by atoms with Gasteiger partial charge in [-0.3, -0.25) is 9.78 Å². The number of nitrogens with one attached hydrogen (secondary N) is 2. The summed E-state index contributed by atoms with van der Waals surface area (Å²) in [4.78, 5) is 32.5. The molecule has 1 aromatic heterocycles. The summed E-state index contributed by atoms with van der Waals surface area (Å²) in [6.45, 7) is 4.24. The second-order valence-electron chi connectivity index (χ2n) is 6.36. The molecule has 1 atom stereocenters. The van der Waals surface area contributed by atoms with E-state index in [0.717, 1.165) is 5.69 Å². The standard InChI is InChI=1S/C19H22ClN5O2/c1-14(18(26)23-16-5-3-7-21-13-16)22-19(27)25-10-8-24(9-11-25)17-6-2-4-15(20)12-17/h2-7,12-14H,8-11H2,1H3,(H,22,27)(H,23,26)/t14-/m1/s1. The van der Waals surface area contributed by atoms with Crippen LogP contribution in [0.5, 0.6) is 0 Å². The van der Waals surface area contributed by atoms with Crippen molar-refractivity contribution in [1.29, 1.82) is 0 Å². The largest absolute Gasteiger partial charge is 0.368 e. The fourth-order valence-electron chi connectivity index (χ4n) is 2.87. The molecule has 142 valence electrons. The molecule has 0 bridgehead atoms. The molecule has 8 heteroatoms. The van der Waals surface area contributed by atoms with E-state index in [9.17, 15) is 9.59 Å². The Morgan fingerprint density at radius 1 is 1.15 bits per heavy atom. The van der Waals surface area contributed by atoms with Gasteiger partial charge in [-0.15, -0.1) is 0 Å². The molecule has 1 fully saturated rings. The number of carbonyl (C=O) groups is 2. The summed E-state index contributed by atoms with van der Waals surface area (Å²) in [7, 11) is 0. The van der Waals surface area contributed by atoms with Crippen molar-refractivity contribution in [3.63, 3.8) is 0 Å². The number of urea groups is 1. The minimum atomic E-state index is -0.649. The molecule has 2 aromatic rings. The van der Waals surface area contributed by atoms with E-state index in [1.807, 2.05) is 24.3 Å². The van der Waals surface area contributed by atoms with E-state index < -0.39 is 6.04 Å². The second-order valence-corrected chi connectivity index (χ2v) is 6.79. The molecule has 3 rings (SSSR count). The minimum absolute atomic E-state index is 0.241. The van der Waals surface area contributed by atoms with Crippen molar-refractivity contribution in [1.82, 2.24) is 15.2 Å². The van der Waals surface area contributed by atoms with Crippen molar-refractivity contribution >= 4 is 34.9 Å². The van der Waals surface area contributed by atoms with Crippen LogP contribution in [0.3, 0.4) is 0 Å². The maximum atomic E-state index is 12.4. The molecule has 7 nitrogen and oxygen atoms in total. The van der Waals surface area contributed by atoms with E-state index in [0.29, 0.717) is 36.9 Å². The molecule has 1 aromatic carbocycles. The topological polar surface area (TPSA) is 77.6 Å². The van der Waals surface area contributed by atoms with Crippen LogP contribution in [0.15, 0.2) is 48.8 Å². The Bertz CT molecular complexity index is 794. The molecule has 1 aliphatic heterocycles. The maximum absolute atomic E-state index is 12.4. The molecule has 0 radical (unpaired) electrons. The molecule has 0 saturated carbocycles. The molecule has 0 unspecified atom stereocenters. The number of pyridine rings is 1. The summed E-state index contributed by atoms with van der Waals surface area (Å²) in [6, 6.07) is 10.3. The van der Waals surface area contributed by atoms with Gasteiger partial charge < -0.3 is 20.4 Å². The normalized spacial score (nSPS) is 15.2. The van der Waals surface area contributed by atoms with Crippen molar-refractivity contribution in [2.45, 2.75) is 13.0 Å². The van der Waals surface area contributed by atoms with Crippen LogP contribution in [0.2, 0.25) is 5.02 Å². The number of piperazine rings is 1. The average Bonchev–Trinajstić information content (AvgIpc) is 2.69. The Kier molecular flexibility index (Phi) is 6.13. The van der Waals surface area contributed by atoms with E-state index in [2.05, 4.69) is 20.5 Å². The monoisotopic (exact) mass is 387 g/mol. The van der Waals surface area contributed by atoms with Crippen LogP contribution in [0.1, 0.15) is 6.92 Å². The summed E-state index contributed by atoms with van der Waals surface area (Å²) in [5, 5.41) is 6.17. The van der Waals surface area contributed by atoms with Gasteiger partial charge in [0.1, 0.15) is 6.04 Å². The first kappa shape index (κ1) is 19.0. The SMILES string of the molecule is C[C@@H](NC(=O)N1CCN(c2cccc(Cl)c2)CC1)C(=O)Nc1cccnc1. The third-order valence-electron chi connectivity index (χ3n) is 4.40. The highest BCUT2D eigenvalue weighted by Gasteiger charge is 2.24. The van der Waals surface area contributed by atoms with Crippen molar-refractivity contribution in [2.75, 3.05) is 36.4 Å². The average molecular weight is 388 g/mol. The maximum Gasteiger partial charge on any atom is 0.318 e. The number of carbonyl (C=O) groups excluding carboxylic acids is 2. The third-order valence-corrected chi connectivity index (χ3v) is 4.64. The Morgan fingerprint density at radius 2 is 1.93 bits per heavy atom. The first-order valence-corrected chi connectivity index (χ1v) is 9.17. The van der Waals surface area contributed by atoms with Crippen LogP contribution in [0, 0.1) is 0 Å². The van der Waals surface area contributed by atoms with Gasteiger partial charge in [0.25, 0.3) is 0 Å². The van der Waals surface area contributed by atoms with E-state index in [1.165, 1.54) is 0 Å². The van der Waals surface area contributed by atoms with Crippen LogP contribution in [-0.2, 0) is 4.79 Å². The Labute approximate surface area is 163 Å². The number of rotatable bonds is 4. The van der Waals surface area contributed by atoms with E-state index in [-0.39, 0.29) is 11.9 Å². The van der Waals surface area contributed by atoms with E-state index in [4.69, 9.17) is 11.6 Å². The van der Waals surface area contributed by atoms with Gasteiger partial charge in [-0.2, -0.15) is 0 Å². The quantitative estimate of drug-likeness (QED) is 0.845. The lowest BCUT2D eigenvalue weighted by Crippen LogP contribution is -2.54. The van der Waals surface area contributed by atoms with Crippen LogP contribution in [0.4, 0.5) is 16.2 Å². The highest BCUT2D eigenvalue weighted by molar-refractivity contribution is 6.30. The van der Waals surface area contributed by atoms with Gasteiger partial charge in [0.15, 0.2) is 0 Å². The number of anilines is 2. The minimum Gasteiger partial charge on any atom is -0.368 e. The van der Waals surface area contributed by atoms with Crippen LogP contribution < -0.4 is 15.5 Å². The Morgan fingerprint density at radius 3 is 2.59 bits per heavy atom. The highest BCUT2D eigenvalue weighted by atomic mass is 35.5. The van der Waals surface area contributed by atoms with Crippen molar-refractivity contribution < 1.29 is 9.59 Å². The number of halogens is 1. The summed E-state index contributed by atoms with van der Waals surface area (Å²) in [5.41, 5.74) is 1.64. The predicted octanol–water partition coefficient (Wildman–Crippen LogP) is 2.59. The number of benzene rings is 1. The summed E-state index contributed by atoms with van der Waals surface area (Å²) < 4.78 is 0. The molecule has 0 aliphatic carbocycles. The molecule has 27 heavy (non-hydrogen) atoms. The number of aromatic nitrogens is 1. The van der Waals surface area contributed by atoms with Gasteiger partial charge >= 0.3 is 6.03 Å². The molecular weight excluding hydrogens is 366 g/mol. The Hall–Kier alpha value is -2.80. The lowest BCUT2D eigenvalue weighted by Gasteiger charge is -2.36. The van der Waals surface area contributed by atoms with Crippen molar-refractivity contribution in [2.24, 2.45) is 0 Å². The highest BCUT2D eigenvalue weighted by Crippen LogP contribution is 2.20. The zero-order valence-electron chi connectivity index (χ0n) is 15.1. The zero-order valence-corrected chi connectivity index (χ0v) is 15.8. The molecule has 2 N–H and O–H groups in total. The smallest absolute Gasteiger partial charge is 0.318 e. The van der Waals surface area contributed by atoms with Crippen molar-refractivity contribution in [3.05, 3.63) is 53.8 Å². The van der Waals surface area contributed by atoms with Gasteiger partial charge in [0.2, 0.25) is 5.91 Å². The van der Waals surface area contributed by atoms with Gasteiger partial charge in [-0.05, 0) is 37.3 Å². The van der Waals surface area contributed by atoms with E-state index in [1.54, 1.807) is 36.4 Å². The van der Waals surface area contributed by atoms with Crippen molar-refractivity contribution in [3.8, 4) is 0 Å². The lowest BCUT2D eigenvalue weighted by atomic mass is 10.2. The molecule has 2 heterocycles. The summed E-state index contributed by atoms with van der Waals surface area (Å²) in [5.74, 6) is -0.283. The van der Waals surface area contributed by atoms with Gasteiger partial charge in [0.05, 0.1) is 11.9 Å². The number of nitrogens with zero attached hydrogens (tertiary/aromatic N) is 3. The number of hydrogen-bond donors (Lipinski definition) is 2. The molecule has 0 spiro atoms. The van der Waals surface area contributed by atoms with Gasteiger partial charge in [-0.1, -0.05) is 17.7 Å². The fourth-order valence-corrected chi connectivity index (χ4v) is 3.05. The van der Waals surface area contributed by atoms with Gasteiger partial charge in [-0.25, -0.2) is 4.79 Å². The molecule has 1 aliphatic rings. The van der Waals surface area contributed by atoms with Crippen LogP contribution in [-0.4, -0.2) is 54.0 Å². The first-order valence-electron chi connectivity index (χ1n) is 8.80. The number of amides is 3. The summed E-state index contributed by atoms with van der Waals surface area (Å²) in [6.07, 6.45) is 3.19. The van der Waals surface area contributed by atoms with Gasteiger partial charge in [0, 0.05) is 43.1 Å². The predicted molar refractivity (Wildman–Crippen MR) is 106 cm³/mol.